The number of piperazine rings is 1. The number of hydrogen-bond acceptors (Lipinski definition) is 4. The fourth-order valence-corrected chi connectivity index (χ4v) is 5.76. The number of likely N-dealkylation sites (N-methyl/N-ethyl adjacent to an activating group) is 1. The Morgan fingerprint density at radius 1 is 0.968 bits per heavy atom. The summed E-state index contributed by atoms with van der Waals surface area (Å²) in [5.74, 6) is 1.24. The maximum Gasteiger partial charge on any atom is 0.416 e. The minimum absolute atomic E-state index is 0.0983. The molecule has 1 saturated heterocycles. The lowest BCUT2D eigenvalue weighted by Crippen LogP contribution is -2.46. The quantitative estimate of drug-likeness (QED) is 0.620. The van der Waals surface area contributed by atoms with Gasteiger partial charge in [0.2, 0.25) is 10.0 Å². The SMILES string of the molecule is CN1CCN(C[C@H]2CC[C@H](CCN(C)S(=O)(=O)c3ccc(C(F)(F)F)cc3)CC2)CC1. The third-order valence-corrected chi connectivity index (χ3v) is 8.69. The molecule has 2 fully saturated rings. The van der Waals surface area contributed by atoms with Crippen molar-refractivity contribution in [3.63, 3.8) is 0 Å². The normalized spacial score (nSPS) is 24.6. The molecule has 2 aliphatic rings. The van der Waals surface area contributed by atoms with Crippen molar-refractivity contribution in [2.45, 2.75) is 43.2 Å². The second-order valence-electron chi connectivity index (χ2n) is 9.13. The lowest BCUT2D eigenvalue weighted by atomic mass is 9.80. The molecule has 3 rings (SSSR count). The van der Waals surface area contributed by atoms with Gasteiger partial charge in [0, 0.05) is 46.3 Å². The summed E-state index contributed by atoms with van der Waals surface area (Å²) >= 11 is 0. The lowest BCUT2D eigenvalue weighted by Gasteiger charge is -2.37. The Morgan fingerprint density at radius 2 is 1.52 bits per heavy atom. The third kappa shape index (κ3) is 6.66. The van der Waals surface area contributed by atoms with Crippen LogP contribution >= 0.6 is 0 Å². The number of nitrogens with zero attached hydrogens (tertiary/aromatic N) is 3. The van der Waals surface area contributed by atoms with Crippen LogP contribution in [0.25, 0.3) is 0 Å². The van der Waals surface area contributed by atoms with Gasteiger partial charge in [0.25, 0.3) is 0 Å². The van der Waals surface area contributed by atoms with Crippen molar-refractivity contribution in [2.75, 3.05) is 53.4 Å². The largest absolute Gasteiger partial charge is 0.416 e. The second-order valence-corrected chi connectivity index (χ2v) is 11.2. The molecule has 9 heteroatoms. The molecule has 0 atom stereocenters. The second kappa shape index (κ2) is 10.2. The van der Waals surface area contributed by atoms with E-state index in [1.807, 2.05) is 0 Å². The summed E-state index contributed by atoms with van der Waals surface area (Å²) in [5, 5.41) is 0. The standard InChI is InChI=1S/C22H34F3N3O2S/c1-26-13-15-28(16-14-26)17-19-5-3-18(4-6-19)11-12-27(2)31(29,30)21-9-7-20(8-10-21)22(23,24)25/h7-10,18-19H,3-6,11-17H2,1-2H3/t18-,19-. The zero-order chi connectivity index (χ0) is 22.6. The van der Waals surface area contributed by atoms with Gasteiger partial charge in [0.05, 0.1) is 10.5 Å². The molecular formula is C22H34F3N3O2S. The van der Waals surface area contributed by atoms with Gasteiger partial charge in [0.1, 0.15) is 0 Å². The predicted molar refractivity (Wildman–Crippen MR) is 115 cm³/mol. The fraction of sp³-hybridized carbons (Fsp3) is 0.727. The van der Waals surface area contributed by atoms with Crippen LogP contribution in [0.4, 0.5) is 13.2 Å². The van der Waals surface area contributed by atoms with Gasteiger partial charge in [0.15, 0.2) is 0 Å². The first kappa shape index (κ1) is 24.5. The minimum atomic E-state index is -4.47. The number of benzene rings is 1. The van der Waals surface area contributed by atoms with Crippen LogP contribution in [0.2, 0.25) is 0 Å². The summed E-state index contributed by atoms with van der Waals surface area (Å²) in [4.78, 5) is 4.83. The third-order valence-electron chi connectivity index (χ3n) is 6.82. The molecule has 5 nitrogen and oxygen atoms in total. The summed E-state index contributed by atoms with van der Waals surface area (Å²) in [6, 6.07) is 3.72. The van der Waals surface area contributed by atoms with Crippen LogP contribution in [0.3, 0.4) is 0 Å². The minimum Gasteiger partial charge on any atom is -0.304 e. The molecule has 1 aromatic carbocycles. The first-order chi connectivity index (χ1) is 14.6. The molecule has 176 valence electrons. The molecule has 1 aliphatic carbocycles. The average Bonchev–Trinajstić information content (AvgIpc) is 2.74. The molecule has 31 heavy (non-hydrogen) atoms. The first-order valence-corrected chi connectivity index (χ1v) is 12.5. The average molecular weight is 462 g/mol. The summed E-state index contributed by atoms with van der Waals surface area (Å²) in [5.41, 5.74) is -0.845. The number of rotatable bonds is 7. The van der Waals surface area contributed by atoms with E-state index >= 15 is 0 Å². The first-order valence-electron chi connectivity index (χ1n) is 11.1. The van der Waals surface area contributed by atoms with Crippen molar-refractivity contribution < 1.29 is 21.6 Å². The summed E-state index contributed by atoms with van der Waals surface area (Å²) < 4.78 is 64.8. The molecule has 0 N–H and O–H groups in total. The number of sulfonamides is 1. The Bertz CT molecular complexity index is 798. The maximum absolute atomic E-state index is 12.7. The number of halogens is 3. The zero-order valence-corrected chi connectivity index (χ0v) is 19.3. The van der Waals surface area contributed by atoms with Crippen LogP contribution < -0.4 is 0 Å². The molecule has 1 aromatic rings. The zero-order valence-electron chi connectivity index (χ0n) is 18.4. The predicted octanol–water partition coefficient (Wildman–Crippen LogP) is 3.77. The van der Waals surface area contributed by atoms with Gasteiger partial charge >= 0.3 is 6.18 Å². The smallest absolute Gasteiger partial charge is 0.304 e. The highest BCUT2D eigenvalue weighted by molar-refractivity contribution is 7.89. The number of hydrogen-bond donors (Lipinski definition) is 0. The van der Waals surface area contributed by atoms with E-state index in [4.69, 9.17) is 0 Å². The highest BCUT2D eigenvalue weighted by Crippen LogP contribution is 2.33. The van der Waals surface area contributed by atoms with Crippen LogP contribution in [0.15, 0.2) is 29.2 Å². The maximum atomic E-state index is 12.7. The van der Waals surface area contributed by atoms with Gasteiger partial charge in [-0.1, -0.05) is 12.8 Å². The topological polar surface area (TPSA) is 43.9 Å². The van der Waals surface area contributed by atoms with E-state index in [1.54, 1.807) is 0 Å². The summed E-state index contributed by atoms with van der Waals surface area (Å²) in [6.45, 7) is 6.11. The Hall–Kier alpha value is -1.16. The van der Waals surface area contributed by atoms with Gasteiger partial charge in [-0.25, -0.2) is 12.7 Å². The van der Waals surface area contributed by atoms with Gasteiger partial charge < -0.3 is 9.80 Å². The van der Waals surface area contributed by atoms with Crippen molar-refractivity contribution >= 4 is 10.0 Å². The Morgan fingerprint density at radius 3 is 2.06 bits per heavy atom. The molecule has 1 aliphatic heterocycles. The van der Waals surface area contributed by atoms with Crippen molar-refractivity contribution in [1.82, 2.24) is 14.1 Å². The van der Waals surface area contributed by atoms with E-state index in [9.17, 15) is 21.6 Å². The highest BCUT2D eigenvalue weighted by Gasteiger charge is 2.31. The number of alkyl halides is 3. The monoisotopic (exact) mass is 461 g/mol. The van der Waals surface area contributed by atoms with Gasteiger partial charge in [-0.05, 0) is 62.4 Å². The van der Waals surface area contributed by atoms with Crippen LogP contribution in [0.5, 0.6) is 0 Å². The Labute approximate surface area is 184 Å². The van der Waals surface area contributed by atoms with E-state index in [-0.39, 0.29) is 4.90 Å². The van der Waals surface area contributed by atoms with Gasteiger partial charge in [-0.15, -0.1) is 0 Å². The van der Waals surface area contributed by atoms with E-state index < -0.39 is 21.8 Å². The molecule has 0 spiro atoms. The van der Waals surface area contributed by atoms with Gasteiger partial charge in [-0.2, -0.15) is 13.2 Å². The Balaban J connectivity index is 1.43. The van der Waals surface area contributed by atoms with E-state index in [0.29, 0.717) is 12.5 Å². The lowest BCUT2D eigenvalue weighted by molar-refractivity contribution is -0.137. The van der Waals surface area contributed by atoms with Crippen molar-refractivity contribution in [3.8, 4) is 0 Å². The molecule has 0 bridgehead atoms. The molecule has 0 unspecified atom stereocenters. The van der Waals surface area contributed by atoms with Crippen molar-refractivity contribution in [2.24, 2.45) is 11.8 Å². The van der Waals surface area contributed by atoms with Crippen LogP contribution in [-0.4, -0.2) is 75.9 Å². The molecule has 0 aromatic heterocycles. The molecule has 1 heterocycles. The highest BCUT2D eigenvalue weighted by atomic mass is 32.2. The molecule has 0 radical (unpaired) electrons. The molecular weight excluding hydrogens is 427 g/mol. The van der Waals surface area contributed by atoms with E-state index in [1.165, 1.54) is 30.7 Å². The van der Waals surface area contributed by atoms with E-state index in [0.717, 1.165) is 75.6 Å². The van der Waals surface area contributed by atoms with Gasteiger partial charge in [-0.3, -0.25) is 0 Å². The molecule has 0 amide bonds. The Kier molecular flexibility index (Phi) is 8.05. The van der Waals surface area contributed by atoms with Crippen LogP contribution in [-0.2, 0) is 16.2 Å². The van der Waals surface area contributed by atoms with Crippen molar-refractivity contribution in [1.29, 1.82) is 0 Å². The summed E-state index contributed by atoms with van der Waals surface area (Å²) in [6.07, 6.45) is 0.923. The van der Waals surface area contributed by atoms with Crippen LogP contribution in [0.1, 0.15) is 37.7 Å². The fourth-order valence-electron chi connectivity index (χ4n) is 4.58. The summed E-state index contributed by atoms with van der Waals surface area (Å²) in [7, 11) is -0.111. The van der Waals surface area contributed by atoms with E-state index in [2.05, 4.69) is 16.8 Å². The van der Waals surface area contributed by atoms with Crippen molar-refractivity contribution in [3.05, 3.63) is 29.8 Å². The molecule has 1 saturated carbocycles. The van der Waals surface area contributed by atoms with Crippen LogP contribution in [0, 0.1) is 11.8 Å².